The lowest BCUT2D eigenvalue weighted by Crippen LogP contribution is -2.49. The number of likely N-dealkylation sites (N-methyl/N-ethyl adjacent to an activating group) is 1. The zero-order valence-corrected chi connectivity index (χ0v) is 16.6. The van der Waals surface area contributed by atoms with Crippen molar-refractivity contribution in [2.45, 2.75) is 24.3 Å². The number of halogens is 1. The summed E-state index contributed by atoms with van der Waals surface area (Å²) in [5.74, 6) is 0.496. The number of rotatable bonds is 6. The van der Waals surface area contributed by atoms with E-state index in [1.165, 1.54) is 16.4 Å². The summed E-state index contributed by atoms with van der Waals surface area (Å²) in [7, 11) is -1.92. The average Bonchev–Trinajstić information content (AvgIpc) is 3.10. The molecule has 0 radical (unpaired) electrons. The first kappa shape index (κ1) is 21.3. The maximum atomic E-state index is 12.8. The largest absolute Gasteiger partial charge is 0.354 e. The number of nitrogens with zero attached hydrogens (tertiary/aromatic N) is 3. The van der Waals surface area contributed by atoms with E-state index >= 15 is 0 Å². The van der Waals surface area contributed by atoms with Gasteiger partial charge in [-0.25, -0.2) is 8.42 Å². The van der Waals surface area contributed by atoms with Crippen LogP contribution in [0.4, 0.5) is 0 Å². The summed E-state index contributed by atoms with van der Waals surface area (Å²) in [4.78, 5) is 15.9. The van der Waals surface area contributed by atoms with Gasteiger partial charge in [-0.05, 0) is 32.2 Å². The molecule has 148 valence electrons. The second-order valence-corrected chi connectivity index (χ2v) is 8.06. The first-order valence-corrected chi connectivity index (χ1v) is 9.71. The Morgan fingerprint density at radius 2 is 2.19 bits per heavy atom. The normalized spacial score (nSPS) is 16.4. The minimum atomic E-state index is -3.77. The number of aromatic nitrogens is 2. The van der Waals surface area contributed by atoms with Gasteiger partial charge in [-0.3, -0.25) is 4.79 Å². The summed E-state index contributed by atoms with van der Waals surface area (Å²) < 4.78 is 32.0. The van der Waals surface area contributed by atoms with Gasteiger partial charge in [0, 0.05) is 31.1 Å². The van der Waals surface area contributed by atoms with E-state index in [1.54, 1.807) is 12.1 Å². The zero-order chi connectivity index (χ0) is 18.7. The highest BCUT2D eigenvalue weighted by Crippen LogP contribution is 2.23. The molecule has 1 aromatic heterocycles. The number of nitrogens with one attached hydrogen (secondary N) is 2. The number of hydrogen-bond acceptors (Lipinski definition) is 7. The molecule has 2 aromatic rings. The maximum Gasteiger partial charge on any atom is 0.257 e. The van der Waals surface area contributed by atoms with E-state index in [-0.39, 0.29) is 48.2 Å². The van der Waals surface area contributed by atoms with Crippen LogP contribution in [0, 0.1) is 0 Å². The first-order chi connectivity index (χ1) is 12.4. The minimum absolute atomic E-state index is 0. The van der Waals surface area contributed by atoms with Crippen molar-refractivity contribution in [3.63, 3.8) is 0 Å². The standard InChI is InChI=1S/C16H21N5O4S.ClH/c1-11(17-2)8-14-19-16(25-20-14)12-4-3-5-13(9-12)26(23,24)21-7-6-18-15(22)10-21;/h3-5,9,11,17H,6-8,10H2,1-2H3,(H,18,22);1H. The van der Waals surface area contributed by atoms with Crippen LogP contribution in [0.1, 0.15) is 12.7 Å². The van der Waals surface area contributed by atoms with Crippen LogP contribution in [0.15, 0.2) is 33.7 Å². The van der Waals surface area contributed by atoms with Gasteiger partial charge < -0.3 is 15.2 Å². The summed E-state index contributed by atoms with van der Waals surface area (Å²) in [6.45, 7) is 2.36. The van der Waals surface area contributed by atoms with E-state index < -0.39 is 10.0 Å². The van der Waals surface area contributed by atoms with Gasteiger partial charge in [-0.1, -0.05) is 11.2 Å². The lowest BCUT2D eigenvalue weighted by Gasteiger charge is -2.25. The number of hydrogen-bond donors (Lipinski definition) is 2. The van der Waals surface area contributed by atoms with Gasteiger partial charge in [0.1, 0.15) is 0 Å². The van der Waals surface area contributed by atoms with Crippen molar-refractivity contribution in [1.82, 2.24) is 25.1 Å². The molecule has 2 N–H and O–H groups in total. The Hall–Kier alpha value is -2.01. The van der Waals surface area contributed by atoms with Crippen LogP contribution in [0.5, 0.6) is 0 Å². The molecule has 1 unspecified atom stereocenters. The van der Waals surface area contributed by atoms with Crippen molar-refractivity contribution in [2.75, 3.05) is 26.7 Å². The van der Waals surface area contributed by atoms with Gasteiger partial charge in [0.25, 0.3) is 5.89 Å². The molecule has 1 fully saturated rings. The second kappa shape index (κ2) is 8.79. The number of sulfonamides is 1. The van der Waals surface area contributed by atoms with Crippen molar-refractivity contribution in [1.29, 1.82) is 0 Å². The smallest absolute Gasteiger partial charge is 0.257 e. The molecule has 1 atom stereocenters. The average molecular weight is 416 g/mol. The Balaban J connectivity index is 0.00000261. The first-order valence-electron chi connectivity index (χ1n) is 8.27. The van der Waals surface area contributed by atoms with Gasteiger partial charge in [0.05, 0.1) is 11.4 Å². The molecule has 1 amide bonds. The molecular weight excluding hydrogens is 394 g/mol. The van der Waals surface area contributed by atoms with Crippen LogP contribution in [0.2, 0.25) is 0 Å². The molecule has 0 bridgehead atoms. The summed E-state index contributed by atoms with van der Waals surface area (Å²) in [6, 6.07) is 6.50. The molecule has 27 heavy (non-hydrogen) atoms. The number of carbonyl (C=O) groups excluding carboxylic acids is 1. The SMILES string of the molecule is CNC(C)Cc1noc(-c2cccc(S(=O)(=O)N3CCNC(=O)C3)c2)n1.Cl. The van der Waals surface area contributed by atoms with E-state index in [2.05, 4.69) is 20.8 Å². The van der Waals surface area contributed by atoms with Crippen molar-refractivity contribution < 1.29 is 17.7 Å². The number of benzene rings is 1. The third kappa shape index (κ3) is 4.83. The fraction of sp³-hybridized carbons (Fsp3) is 0.438. The highest BCUT2D eigenvalue weighted by atomic mass is 35.5. The quantitative estimate of drug-likeness (QED) is 0.702. The Kier molecular flexibility index (Phi) is 6.93. The Labute approximate surface area is 164 Å². The Bertz CT molecular complexity index is 902. The fourth-order valence-corrected chi connectivity index (χ4v) is 4.03. The Morgan fingerprint density at radius 1 is 1.41 bits per heavy atom. The van der Waals surface area contributed by atoms with Crippen LogP contribution in [-0.2, 0) is 21.2 Å². The van der Waals surface area contributed by atoms with E-state index in [4.69, 9.17) is 4.52 Å². The number of amides is 1. The second-order valence-electron chi connectivity index (χ2n) is 6.13. The third-order valence-corrected chi connectivity index (χ3v) is 6.01. The molecule has 0 spiro atoms. The number of carbonyl (C=O) groups is 1. The van der Waals surface area contributed by atoms with Gasteiger partial charge in [0.2, 0.25) is 15.9 Å². The molecule has 2 heterocycles. The summed E-state index contributed by atoms with van der Waals surface area (Å²) in [5, 5.41) is 9.64. The monoisotopic (exact) mass is 415 g/mol. The van der Waals surface area contributed by atoms with Crippen LogP contribution >= 0.6 is 12.4 Å². The van der Waals surface area contributed by atoms with Crippen LogP contribution < -0.4 is 10.6 Å². The predicted molar refractivity (Wildman–Crippen MR) is 101 cm³/mol. The van der Waals surface area contributed by atoms with Crippen molar-refractivity contribution in [3.05, 3.63) is 30.1 Å². The highest BCUT2D eigenvalue weighted by molar-refractivity contribution is 7.89. The number of piperazine rings is 1. The molecular formula is C16H22ClN5O4S. The molecule has 9 nitrogen and oxygen atoms in total. The Morgan fingerprint density at radius 3 is 2.89 bits per heavy atom. The molecule has 1 saturated heterocycles. The molecule has 1 aliphatic rings. The topological polar surface area (TPSA) is 117 Å². The van der Waals surface area contributed by atoms with E-state index in [0.717, 1.165) is 0 Å². The van der Waals surface area contributed by atoms with Crippen molar-refractivity contribution in [3.8, 4) is 11.5 Å². The van der Waals surface area contributed by atoms with E-state index in [1.807, 2.05) is 14.0 Å². The van der Waals surface area contributed by atoms with Crippen LogP contribution in [0.3, 0.4) is 0 Å². The maximum absolute atomic E-state index is 12.8. The lowest BCUT2D eigenvalue weighted by atomic mass is 10.2. The minimum Gasteiger partial charge on any atom is -0.354 e. The molecule has 0 aliphatic carbocycles. The van der Waals surface area contributed by atoms with Gasteiger partial charge in [-0.15, -0.1) is 12.4 Å². The third-order valence-electron chi connectivity index (χ3n) is 4.17. The molecule has 1 aromatic carbocycles. The fourth-order valence-electron chi connectivity index (χ4n) is 2.59. The van der Waals surface area contributed by atoms with E-state index in [9.17, 15) is 13.2 Å². The highest BCUT2D eigenvalue weighted by Gasteiger charge is 2.29. The van der Waals surface area contributed by atoms with Crippen LogP contribution in [0.25, 0.3) is 11.5 Å². The molecule has 1 aliphatic heterocycles. The summed E-state index contributed by atoms with van der Waals surface area (Å²) in [6.07, 6.45) is 0.598. The molecule has 3 rings (SSSR count). The zero-order valence-electron chi connectivity index (χ0n) is 15.0. The predicted octanol–water partition coefficient (Wildman–Crippen LogP) is 0.429. The van der Waals surface area contributed by atoms with Crippen molar-refractivity contribution in [2.24, 2.45) is 0 Å². The van der Waals surface area contributed by atoms with Gasteiger partial charge in [-0.2, -0.15) is 9.29 Å². The van der Waals surface area contributed by atoms with Gasteiger partial charge >= 0.3 is 0 Å². The lowest BCUT2D eigenvalue weighted by molar-refractivity contribution is -0.122. The molecule has 0 saturated carbocycles. The van der Waals surface area contributed by atoms with Gasteiger partial charge in [0.15, 0.2) is 5.82 Å². The van der Waals surface area contributed by atoms with Crippen LogP contribution in [-0.4, -0.2) is 61.5 Å². The van der Waals surface area contributed by atoms with E-state index in [0.29, 0.717) is 24.4 Å². The molecule has 11 heteroatoms. The summed E-state index contributed by atoms with van der Waals surface area (Å²) in [5.41, 5.74) is 0.517. The summed E-state index contributed by atoms with van der Waals surface area (Å²) >= 11 is 0. The van der Waals surface area contributed by atoms with Crippen molar-refractivity contribution >= 4 is 28.3 Å².